The Morgan fingerprint density at radius 3 is 2.61 bits per heavy atom. The first-order valence-electron chi connectivity index (χ1n) is 11.5. The van der Waals surface area contributed by atoms with Crippen LogP contribution in [0.5, 0.6) is 11.5 Å². The predicted molar refractivity (Wildman–Crippen MR) is 123 cm³/mol. The Bertz CT molecular complexity index is 1020. The van der Waals surface area contributed by atoms with E-state index in [1.165, 1.54) is 0 Å². The van der Waals surface area contributed by atoms with Crippen LogP contribution in [0.4, 0.5) is 0 Å². The second-order valence-electron chi connectivity index (χ2n) is 9.78. The Labute approximate surface area is 195 Å². The number of carbonyl (C=O) groups is 2. The number of nitrogens with one attached hydrogen (secondary N) is 1. The molecule has 0 aromatic heterocycles. The van der Waals surface area contributed by atoms with Gasteiger partial charge >= 0.3 is 5.97 Å². The van der Waals surface area contributed by atoms with Gasteiger partial charge in [-0.1, -0.05) is 19.9 Å². The van der Waals surface area contributed by atoms with Crippen molar-refractivity contribution in [1.82, 2.24) is 5.32 Å². The summed E-state index contributed by atoms with van der Waals surface area (Å²) in [5.41, 5.74) is 3.31. The number of carbonyl (C=O) groups excluding carboxylic acids is 2. The predicted octanol–water partition coefficient (Wildman–Crippen LogP) is 4.03. The van der Waals surface area contributed by atoms with Gasteiger partial charge in [0.25, 0.3) is 0 Å². The maximum atomic E-state index is 13.4. The zero-order valence-electron chi connectivity index (χ0n) is 20.1. The summed E-state index contributed by atoms with van der Waals surface area (Å²) in [5, 5.41) is 3.36. The van der Waals surface area contributed by atoms with Crippen molar-refractivity contribution in [2.24, 2.45) is 5.41 Å². The van der Waals surface area contributed by atoms with Crippen LogP contribution in [0.15, 0.2) is 40.7 Å². The molecule has 178 valence electrons. The van der Waals surface area contributed by atoms with Crippen LogP contribution >= 0.6 is 0 Å². The summed E-state index contributed by atoms with van der Waals surface area (Å²) in [5.74, 6) is 0.208. The molecule has 4 rings (SSSR count). The van der Waals surface area contributed by atoms with E-state index in [9.17, 15) is 9.59 Å². The summed E-state index contributed by atoms with van der Waals surface area (Å²) < 4.78 is 22.2. The first-order chi connectivity index (χ1) is 15.7. The molecule has 0 saturated carbocycles. The molecule has 1 aromatic carbocycles. The molecular formula is C26H33NO6. The lowest BCUT2D eigenvalue weighted by atomic mass is 9.68. The first kappa shape index (κ1) is 23.4. The Morgan fingerprint density at radius 1 is 1.18 bits per heavy atom. The number of allylic oxidation sites excluding steroid dienone is 3. The number of hydrogen-bond acceptors (Lipinski definition) is 7. The van der Waals surface area contributed by atoms with Gasteiger partial charge in [0.15, 0.2) is 17.3 Å². The standard InChI is InChI=1S/C26H33NO6/c1-15-22(25(29)33-14-17-7-6-10-32-17)23(16-8-9-20(30-4)21(11-16)31-5)24-18(27-15)12-26(2,3)13-19(24)28/h8-9,11,17,23,27H,6-7,10,12-14H2,1-5H3/t17-,23+/m1/s1. The van der Waals surface area contributed by atoms with Crippen LogP contribution in [0.3, 0.4) is 0 Å². The summed E-state index contributed by atoms with van der Waals surface area (Å²) in [6.45, 7) is 6.95. The van der Waals surface area contributed by atoms with Gasteiger partial charge in [-0.15, -0.1) is 0 Å². The maximum absolute atomic E-state index is 13.4. The van der Waals surface area contributed by atoms with E-state index < -0.39 is 11.9 Å². The maximum Gasteiger partial charge on any atom is 0.336 e. The molecule has 7 nitrogen and oxygen atoms in total. The van der Waals surface area contributed by atoms with Gasteiger partial charge < -0.3 is 24.3 Å². The summed E-state index contributed by atoms with van der Waals surface area (Å²) in [4.78, 5) is 26.8. The second kappa shape index (κ2) is 9.21. The van der Waals surface area contributed by atoms with Gasteiger partial charge in [0.2, 0.25) is 0 Å². The Hall–Kier alpha value is -2.80. The first-order valence-corrected chi connectivity index (χ1v) is 11.5. The zero-order valence-corrected chi connectivity index (χ0v) is 20.1. The fraction of sp³-hybridized carbons (Fsp3) is 0.538. The molecule has 1 N–H and O–H groups in total. The highest BCUT2D eigenvalue weighted by Crippen LogP contribution is 2.47. The van der Waals surface area contributed by atoms with Crippen molar-refractivity contribution in [2.75, 3.05) is 27.4 Å². The highest BCUT2D eigenvalue weighted by Gasteiger charge is 2.43. The highest BCUT2D eigenvalue weighted by molar-refractivity contribution is 6.04. The molecular weight excluding hydrogens is 422 g/mol. The lowest BCUT2D eigenvalue weighted by Crippen LogP contribution is -2.39. The fourth-order valence-electron chi connectivity index (χ4n) is 5.09. The third-order valence-corrected chi connectivity index (χ3v) is 6.62. The monoisotopic (exact) mass is 455 g/mol. The minimum atomic E-state index is -0.540. The number of methoxy groups -OCH3 is 2. The number of esters is 1. The molecule has 2 atom stereocenters. The van der Waals surface area contributed by atoms with Crippen molar-refractivity contribution in [3.63, 3.8) is 0 Å². The molecule has 1 saturated heterocycles. The summed E-state index contributed by atoms with van der Waals surface area (Å²) in [6, 6.07) is 5.53. The minimum Gasteiger partial charge on any atom is -0.493 e. The molecule has 0 spiro atoms. The third kappa shape index (κ3) is 4.64. The van der Waals surface area contributed by atoms with E-state index in [0.717, 1.165) is 30.5 Å². The molecule has 2 aliphatic heterocycles. The number of ketones is 1. The van der Waals surface area contributed by atoms with Gasteiger partial charge in [0.1, 0.15) is 6.61 Å². The summed E-state index contributed by atoms with van der Waals surface area (Å²) in [7, 11) is 3.15. The van der Waals surface area contributed by atoms with Gasteiger partial charge in [0, 0.05) is 35.9 Å². The van der Waals surface area contributed by atoms with Crippen molar-refractivity contribution in [3.05, 3.63) is 46.3 Å². The van der Waals surface area contributed by atoms with E-state index in [-0.39, 0.29) is 23.9 Å². The van der Waals surface area contributed by atoms with E-state index in [2.05, 4.69) is 19.2 Å². The van der Waals surface area contributed by atoms with Crippen molar-refractivity contribution >= 4 is 11.8 Å². The topological polar surface area (TPSA) is 83.1 Å². The van der Waals surface area contributed by atoms with Crippen LogP contribution in [0, 0.1) is 5.41 Å². The van der Waals surface area contributed by atoms with E-state index in [1.54, 1.807) is 20.3 Å². The Balaban J connectivity index is 1.76. The van der Waals surface area contributed by atoms with Crippen molar-refractivity contribution in [1.29, 1.82) is 0 Å². The van der Waals surface area contributed by atoms with Gasteiger partial charge in [-0.25, -0.2) is 4.79 Å². The van der Waals surface area contributed by atoms with Crippen molar-refractivity contribution in [2.45, 2.75) is 58.5 Å². The molecule has 1 fully saturated rings. The minimum absolute atomic E-state index is 0.0467. The lowest BCUT2D eigenvalue weighted by Gasteiger charge is -2.39. The van der Waals surface area contributed by atoms with Gasteiger partial charge in [-0.05, 0) is 49.3 Å². The molecule has 0 amide bonds. The van der Waals surface area contributed by atoms with Crippen molar-refractivity contribution < 1.29 is 28.5 Å². The molecule has 33 heavy (non-hydrogen) atoms. The summed E-state index contributed by atoms with van der Waals surface area (Å²) >= 11 is 0. The average molecular weight is 456 g/mol. The Morgan fingerprint density at radius 2 is 1.94 bits per heavy atom. The molecule has 3 aliphatic rings. The number of rotatable bonds is 6. The number of Topliss-reactive ketones (excluding diaryl/α,β-unsaturated/α-hetero) is 1. The summed E-state index contributed by atoms with van der Waals surface area (Å²) in [6.07, 6.45) is 2.94. The molecule has 0 unspecified atom stereocenters. The SMILES string of the molecule is COc1ccc([C@H]2C(C(=O)OC[C@H]3CCCO3)=C(C)NC3=C2C(=O)CC(C)(C)C3)cc1OC. The lowest BCUT2D eigenvalue weighted by molar-refractivity contribution is -0.142. The molecule has 7 heteroatoms. The van der Waals surface area contributed by atoms with E-state index in [1.807, 2.05) is 19.1 Å². The quantitative estimate of drug-likeness (QED) is 0.649. The number of dihydropyridines is 1. The molecule has 2 heterocycles. The molecule has 1 aliphatic carbocycles. The molecule has 0 bridgehead atoms. The fourth-order valence-corrected chi connectivity index (χ4v) is 5.09. The van der Waals surface area contributed by atoms with Gasteiger partial charge in [0.05, 0.1) is 25.9 Å². The molecule has 1 aromatic rings. The smallest absolute Gasteiger partial charge is 0.336 e. The number of benzene rings is 1. The van der Waals surface area contributed by atoms with E-state index in [0.29, 0.717) is 41.4 Å². The van der Waals surface area contributed by atoms with Crippen LogP contribution in [-0.2, 0) is 19.1 Å². The van der Waals surface area contributed by atoms with Crippen LogP contribution in [0.25, 0.3) is 0 Å². The second-order valence-corrected chi connectivity index (χ2v) is 9.78. The average Bonchev–Trinajstić information content (AvgIpc) is 3.28. The van der Waals surface area contributed by atoms with Crippen LogP contribution < -0.4 is 14.8 Å². The Kier molecular flexibility index (Phi) is 6.52. The van der Waals surface area contributed by atoms with Crippen molar-refractivity contribution in [3.8, 4) is 11.5 Å². The van der Waals surface area contributed by atoms with Crippen LogP contribution in [0.1, 0.15) is 57.9 Å². The zero-order chi connectivity index (χ0) is 23.8. The molecule has 0 radical (unpaired) electrons. The number of hydrogen-bond donors (Lipinski definition) is 1. The number of ether oxygens (including phenoxy) is 4. The van der Waals surface area contributed by atoms with Crippen LogP contribution in [-0.4, -0.2) is 45.3 Å². The van der Waals surface area contributed by atoms with E-state index in [4.69, 9.17) is 18.9 Å². The van der Waals surface area contributed by atoms with E-state index >= 15 is 0 Å². The van der Waals surface area contributed by atoms with Gasteiger partial charge in [-0.2, -0.15) is 0 Å². The highest BCUT2D eigenvalue weighted by atomic mass is 16.6. The normalized spacial score (nSPS) is 24.3. The third-order valence-electron chi connectivity index (χ3n) is 6.62. The van der Waals surface area contributed by atoms with Crippen LogP contribution in [0.2, 0.25) is 0 Å². The van der Waals surface area contributed by atoms with Gasteiger partial charge in [-0.3, -0.25) is 4.79 Å². The largest absolute Gasteiger partial charge is 0.493 e.